The highest BCUT2D eigenvalue weighted by molar-refractivity contribution is 5.93. The molecule has 3 heterocycles. The van der Waals surface area contributed by atoms with E-state index in [1.54, 1.807) is 6.33 Å². The number of fused-ring (bicyclic) bond motifs is 1. The van der Waals surface area contributed by atoms with Gasteiger partial charge in [0.1, 0.15) is 6.10 Å². The van der Waals surface area contributed by atoms with Gasteiger partial charge in [-0.2, -0.15) is 0 Å². The lowest BCUT2D eigenvalue weighted by molar-refractivity contribution is -0.126. The van der Waals surface area contributed by atoms with E-state index in [0.717, 1.165) is 16.8 Å². The van der Waals surface area contributed by atoms with Crippen molar-refractivity contribution in [1.82, 2.24) is 19.8 Å². The lowest BCUT2D eigenvalue weighted by Gasteiger charge is -2.31. The van der Waals surface area contributed by atoms with Gasteiger partial charge in [-0.3, -0.25) is 9.59 Å². The van der Waals surface area contributed by atoms with Gasteiger partial charge in [-0.1, -0.05) is 60.2 Å². The number of imidazole rings is 1. The third-order valence-electron chi connectivity index (χ3n) is 6.81. The molecule has 0 saturated carbocycles. The predicted octanol–water partition coefficient (Wildman–Crippen LogP) is 3.63. The highest BCUT2D eigenvalue weighted by atomic mass is 16.5. The van der Waals surface area contributed by atoms with E-state index in [1.807, 2.05) is 52.8 Å². The van der Waals surface area contributed by atoms with E-state index in [0.29, 0.717) is 51.3 Å². The van der Waals surface area contributed by atoms with Gasteiger partial charge in [-0.15, -0.1) is 0 Å². The van der Waals surface area contributed by atoms with E-state index in [1.165, 1.54) is 5.56 Å². The summed E-state index contributed by atoms with van der Waals surface area (Å²) in [5.74, 6) is -0.0813. The van der Waals surface area contributed by atoms with Gasteiger partial charge in [0, 0.05) is 25.6 Å². The zero-order valence-electron chi connectivity index (χ0n) is 19.4. The van der Waals surface area contributed by atoms with Crippen LogP contribution in [0.5, 0.6) is 0 Å². The third-order valence-corrected chi connectivity index (χ3v) is 6.81. The molecule has 176 valence electrons. The summed E-state index contributed by atoms with van der Waals surface area (Å²) in [5, 5.41) is 3.05. The van der Waals surface area contributed by atoms with Crippen molar-refractivity contribution in [3.05, 3.63) is 89.0 Å². The Hall–Kier alpha value is -3.45. The van der Waals surface area contributed by atoms with Gasteiger partial charge in [-0.25, -0.2) is 4.98 Å². The Bertz CT molecular complexity index is 1170. The Balaban J connectivity index is 1.15. The molecule has 34 heavy (non-hydrogen) atoms. The van der Waals surface area contributed by atoms with Crippen LogP contribution < -0.4 is 5.32 Å². The smallest absolute Gasteiger partial charge is 0.274 e. The minimum atomic E-state index is -0.0749. The van der Waals surface area contributed by atoms with Gasteiger partial charge < -0.3 is 19.5 Å². The Morgan fingerprint density at radius 3 is 2.65 bits per heavy atom. The largest absolute Gasteiger partial charge is 0.365 e. The van der Waals surface area contributed by atoms with Gasteiger partial charge in [0.05, 0.1) is 25.2 Å². The Labute approximate surface area is 199 Å². The molecule has 2 aliphatic rings. The van der Waals surface area contributed by atoms with Crippen LogP contribution in [0.3, 0.4) is 0 Å². The van der Waals surface area contributed by atoms with Gasteiger partial charge in [0.2, 0.25) is 5.91 Å². The number of piperidine rings is 1. The summed E-state index contributed by atoms with van der Waals surface area (Å²) < 4.78 is 8.09. The molecule has 1 fully saturated rings. The van der Waals surface area contributed by atoms with Crippen LogP contribution in [0.1, 0.15) is 51.8 Å². The highest BCUT2D eigenvalue weighted by Gasteiger charge is 2.32. The van der Waals surface area contributed by atoms with Crippen LogP contribution in [-0.4, -0.2) is 39.4 Å². The molecule has 5 rings (SSSR count). The molecule has 1 aromatic heterocycles. The van der Waals surface area contributed by atoms with Crippen LogP contribution in [0.25, 0.3) is 0 Å². The number of hydrogen-bond acceptors (Lipinski definition) is 4. The first-order valence-corrected chi connectivity index (χ1v) is 11.9. The third kappa shape index (κ3) is 4.75. The van der Waals surface area contributed by atoms with Gasteiger partial charge in [0.15, 0.2) is 5.69 Å². The Kier molecular flexibility index (Phi) is 6.45. The topological polar surface area (TPSA) is 76.5 Å². The number of carbonyl (C=O) groups is 2. The summed E-state index contributed by atoms with van der Waals surface area (Å²) in [4.78, 5) is 32.1. The summed E-state index contributed by atoms with van der Waals surface area (Å²) in [6, 6.07) is 18.3. The monoisotopic (exact) mass is 458 g/mol. The molecule has 2 aliphatic heterocycles. The molecule has 2 amide bonds. The maximum absolute atomic E-state index is 13.2. The summed E-state index contributed by atoms with van der Waals surface area (Å²) in [5.41, 5.74) is 4.70. The number of rotatable bonds is 5. The Morgan fingerprint density at radius 1 is 1.09 bits per heavy atom. The number of nitrogens with zero attached hydrogens (tertiary/aromatic N) is 3. The van der Waals surface area contributed by atoms with E-state index >= 15 is 0 Å². The fourth-order valence-electron chi connectivity index (χ4n) is 4.83. The van der Waals surface area contributed by atoms with Crippen LogP contribution in [0.4, 0.5) is 0 Å². The van der Waals surface area contributed by atoms with Crippen molar-refractivity contribution in [2.75, 3.05) is 13.1 Å². The molecule has 7 heteroatoms. The molecule has 7 nitrogen and oxygen atoms in total. The summed E-state index contributed by atoms with van der Waals surface area (Å²) in [6.45, 7) is 4.69. The van der Waals surface area contributed by atoms with E-state index in [-0.39, 0.29) is 23.8 Å². The minimum Gasteiger partial charge on any atom is -0.365 e. The second-order valence-electron chi connectivity index (χ2n) is 9.18. The van der Waals surface area contributed by atoms with Crippen LogP contribution in [0.2, 0.25) is 0 Å². The number of likely N-dealkylation sites (tertiary alicyclic amines) is 1. The fourth-order valence-corrected chi connectivity index (χ4v) is 4.83. The van der Waals surface area contributed by atoms with Crippen molar-refractivity contribution in [2.45, 2.75) is 45.6 Å². The SMILES string of the molecule is Cc1cccc(CNC(=O)C2CCN(C(=O)c3ncn4c3CO[C@@H](c3ccccc3)C4)CC2)c1. The molecule has 1 N–H and O–H groups in total. The van der Waals surface area contributed by atoms with E-state index in [9.17, 15) is 9.59 Å². The van der Waals surface area contributed by atoms with Gasteiger partial charge in [-0.05, 0) is 30.9 Å². The lowest BCUT2D eigenvalue weighted by Crippen LogP contribution is -2.43. The van der Waals surface area contributed by atoms with Crippen molar-refractivity contribution in [3.63, 3.8) is 0 Å². The second-order valence-corrected chi connectivity index (χ2v) is 9.18. The average molecular weight is 459 g/mol. The molecule has 3 aromatic rings. The van der Waals surface area contributed by atoms with Crippen molar-refractivity contribution in [3.8, 4) is 0 Å². The number of carbonyl (C=O) groups excluding carboxylic acids is 2. The van der Waals surface area contributed by atoms with Crippen molar-refractivity contribution in [1.29, 1.82) is 0 Å². The van der Waals surface area contributed by atoms with Crippen LogP contribution in [0.15, 0.2) is 60.9 Å². The first-order chi connectivity index (χ1) is 16.6. The number of aromatic nitrogens is 2. The molecule has 2 aromatic carbocycles. The number of benzene rings is 2. The second kappa shape index (κ2) is 9.81. The molecule has 0 unspecified atom stereocenters. The van der Waals surface area contributed by atoms with Gasteiger partial charge >= 0.3 is 0 Å². The number of nitrogens with one attached hydrogen (secondary N) is 1. The maximum Gasteiger partial charge on any atom is 0.274 e. The number of ether oxygens (including phenoxy) is 1. The first-order valence-electron chi connectivity index (χ1n) is 11.9. The summed E-state index contributed by atoms with van der Waals surface area (Å²) >= 11 is 0. The average Bonchev–Trinajstić information content (AvgIpc) is 3.31. The fraction of sp³-hybridized carbons (Fsp3) is 0.370. The van der Waals surface area contributed by atoms with E-state index in [4.69, 9.17) is 4.74 Å². The zero-order valence-corrected chi connectivity index (χ0v) is 19.4. The van der Waals surface area contributed by atoms with Gasteiger partial charge in [0.25, 0.3) is 5.91 Å². The van der Waals surface area contributed by atoms with Crippen LogP contribution in [-0.2, 0) is 29.2 Å². The van der Waals surface area contributed by atoms with Crippen LogP contribution in [0, 0.1) is 12.8 Å². The first kappa shape index (κ1) is 22.3. The lowest BCUT2D eigenvalue weighted by atomic mass is 9.95. The predicted molar refractivity (Wildman–Crippen MR) is 128 cm³/mol. The minimum absolute atomic E-state index is 0.0417. The summed E-state index contributed by atoms with van der Waals surface area (Å²) in [7, 11) is 0. The van der Waals surface area contributed by atoms with Crippen LogP contribution >= 0.6 is 0 Å². The molecule has 1 saturated heterocycles. The Morgan fingerprint density at radius 2 is 1.88 bits per heavy atom. The zero-order chi connectivity index (χ0) is 23.5. The quantitative estimate of drug-likeness (QED) is 0.634. The molecule has 1 atom stereocenters. The normalized spacial score (nSPS) is 18.4. The molecule has 0 spiro atoms. The number of amides is 2. The molecular formula is C27H30N4O3. The molecule has 0 radical (unpaired) electrons. The highest BCUT2D eigenvalue weighted by Crippen LogP contribution is 2.28. The van der Waals surface area contributed by atoms with Crippen molar-refractivity contribution >= 4 is 11.8 Å². The molecular weight excluding hydrogens is 428 g/mol. The maximum atomic E-state index is 13.2. The molecule has 0 aliphatic carbocycles. The van der Waals surface area contributed by atoms with E-state index in [2.05, 4.69) is 28.5 Å². The standard InChI is InChI=1S/C27H30N4O3/c1-19-6-5-7-20(14-19)15-28-26(32)22-10-12-30(13-11-22)27(33)25-23-17-34-24(16-31(23)18-29-25)21-8-3-2-4-9-21/h2-9,14,18,22,24H,10-13,15-17H2,1H3,(H,28,32)/t24-/m1/s1. The summed E-state index contributed by atoms with van der Waals surface area (Å²) in [6.07, 6.45) is 3.02. The number of hydrogen-bond donors (Lipinski definition) is 1. The number of aryl methyl sites for hydroxylation is 1. The van der Waals surface area contributed by atoms with E-state index < -0.39 is 0 Å². The molecule has 0 bridgehead atoms. The van der Waals surface area contributed by atoms with Crippen molar-refractivity contribution < 1.29 is 14.3 Å². The van der Waals surface area contributed by atoms with Crippen molar-refractivity contribution in [2.24, 2.45) is 5.92 Å².